The Balaban J connectivity index is 1.62. The summed E-state index contributed by atoms with van der Waals surface area (Å²) in [5.41, 5.74) is 4.96. The van der Waals surface area contributed by atoms with Gasteiger partial charge in [-0.2, -0.15) is 0 Å². The average Bonchev–Trinajstić information content (AvgIpc) is 3.10. The molecule has 0 amide bonds. The van der Waals surface area contributed by atoms with E-state index >= 15 is 0 Å². The summed E-state index contributed by atoms with van der Waals surface area (Å²) in [5, 5.41) is 0. The molecule has 2 heteroatoms. The number of hydrogen-bond acceptors (Lipinski definition) is 2. The minimum absolute atomic E-state index is 0.0981. The van der Waals surface area contributed by atoms with Crippen LogP contribution in [0, 0.1) is 0 Å². The molecule has 0 bridgehead atoms. The van der Waals surface area contributed by atoms with Crippen LogP contribution in [0.15, 0.2) is 42.5 Å². The van der Waals surface area contributed by atoms with Crippen molar-refractivity contribution in [2.24, 2.45) is 0 Å². The quantitative estimate of drug-likeness (QED) is 0.434. The van der Waals surface area contributed by atoms with Gasteiger partial charge in [0.05, 0.1) is 0 Å². The third-order valence-electron chi connectivity index (χ3n) is 7.17. The number of rotatable bonds is 3. The van der Waals surface area contributed by atoms with Crippen molar-refractivity contribution in [2.75, 3.05) is 0 Å². The van der Waals surface area contributed by atoms with Crippen LogP contribution in [0.2, 0.25) is 0 Å². The molecule has 0 spiro atoms. The summed E-state index contributed by atoms with van der Waals surface area (Å²) in [6.45, 7) is 0. The van der Waals surface area contributed by atoms with E-state index in [1.54, 1.807) is 0 Å². The zero-order valence-corrected chi connectivity index (χ0v) is 16.7. The van der Waals surface area contributed by atoms with Crippen molar-refractivity contribution >= 4 is 5.97 Å². The first kappa shape index (κ1) is 18.0. The number of ether oxygens (including phenoxy) is 1. The molecule has 2 aromatic carbocycles. The molecule has 3 aliphatic rings. The lowest BCUT2D eigenvalue weighted by atomic mass is 9.77. The number of hydrogen-bond donors (Lipinski definition) is 0. The summed E-state index contributed by atoms with van der Waals surface area (Å²) in [5.74, 6) is 1.73. The van der Waals surface area contributed by atoms with E-state index in [1.165, 1.54) is 75.3 Å². The van der Waals surface area contributed by atoms with Gasteiger partial charge in [-0.1, -0.05) is 81.0 Å². The summed E-state index contributed by atoms with van der Waals surface area (Å²) >= 11 is 0. The highest BCUT2D eigenvalue weighted by molar-refractivity contribution is 5.90. The van der Waals surface area contributed by atoms with E-state index in [4.69, 9.17) is 4.74 Å². The van der Waals surface area contributed by atoms with Gasteiger partial charge in [-0.15, -0.1) is 0 Å². The summed E-state index contributed by atoms with van der Waals surface area (Å²) < 4.78 is 5.96. The number of carbonyl (C=O) groups is 1. The number of esters is 1. The normalized spacial score (nSPS) is 23.4. The Bertz CT molecular complexity index is 842. The Labute approximate surface area is 168 Å². The standard InChI is InChI=1S/C26H30O2/c27-26-24(20-14-8-3-9-15-20)23-17-21(18-10-4-1-5-11-18)16-22(25(23)28-26)19-12-6-2-7-13-19/h3,8-9,14-19,24H,1-2,4-7,10-13H2. The van der Waals surface area contributed by atoms with Crippen LogP contribution in [-0.4, -0.2) is 5.97 Å². The Kier molecular flexibility index (Phi) is 4.96. The summed E-state index contributed by atoms with van der Waals surface area (Å²) in [6, 6.07) is 14.9. The molecular formula is C26H30O2. The van der Waals surface area contributed by atoms with Gasteiger partial charge in [0.2, 0.25) is 0 Å². The molecule has 2 nitrogen and oxygen atoms in total. The van der Waals surface area contributed by atoms with Gasteiger partial charge >= 0.3 is 5.97 Å². The molecule has 0 aromatic heterocycles. The van der Waals surface area contributed by atoms with Crippen molar-refractivity contribution in [2.45, 2.75) is 82.0 Å². The Morgan fingerprint density at radius 2 is 1.29 bits per heavy atom. The van der Waals surface area contributed by atoms with Gasteiger partial charge in [0, 0.05) is 5.56 Å². The SMILES string of the molecule is O=C1Oc2c(C3CCCCC3)cc(C3CCCCC3)cc2C1c1ccccc1. The third-order valence-corrected chi connectivity index (χ3v) is 7.17. The van der Waals surface area contributed by atoms with Gasteiger partial charge in [-0.05, 0) is 54.2 Å². The van der Waals surface area contributed by atoms with Crippen molar-refractivity contribution in [3.63, 3.8) is 0 Å². The third kappa shape index (κ3) is 3.27. The maximum Gasteiger partial charge on any atom is 0.323 e. The van der Waals surface area contributed by atoms with E-state index < -0.39 is 0 Å². The summed E-state index contributed by atoms with van der Waals surface area (Å²) in [4.78, 5) is 12.9. The highest BCUT2D eigenvalue weighted by Gasteiger charge is 2.38. The molecule has 1 aliphatic heterocycles. The van der Waals surface area contributed by atoms with Gasteiger partial charge in [0.15, 0.2) is 0 Å². The Hall–Kier alpha value is -2.09. The lowest BCUT2D eigenvalue weighted by Crippen LogP contribution is -2.11. The van der Waals surface area contributed by atoms with Crippen LogP contribution >= 0.6 is 0 Å². The van der Waals surface area contributed by atoms with Gasteiger partial charge in [0.25, 0.3) is 0 Å². The van der Waals surface area contributed by atoms with Crippen LogP contribution in [0.1, 0.15) is 104 Å². The molecular weight excluding hydrogens is 344 g/mol. The molecule has 0 saturated heterocycles. The van der Waals surface area contributed by atoms with E-state index in [1.807, 2.05) is 18.2 Å². The zero-order valence-electron chi connectivity index (χ0n) is 16.7. The number of benzene rings is 2. The van der Waals surface area contributed by atoms with Crippen LogP contribution in [0.4, 0.5) is 0 Å². The minimum Gasteiger partial charge on any atom is -0.425 e. The molecule has 28 heavy (non-hydrogen) atoms. The fourth-order valence-electron chi connectivity index (χ4n) is 5.67. The molecule has 146 valence electrons. The van der Waals surface area contributed by atoms with Crippen molar-refractivity contribution in [3.05, 3.63) is 64.7 Å². The Morgan fingerprint density at radius 1 is 0.679 bits per heavy atom. The predicted octanol–water partition coefficient (Wildman–Crippen LogP) is 6.83. The largest absolute Gasteiger partial charge is 0.425 e. The van der Waals surface area contributed by atoms with E-state index in [0.29, 0.717) is 11.8 Å². The van der Waals surface area contributed by atoms with Gasteiger partial charge in [-0.25, -0.2) is 0 Å². The topological polar surface area (TPSA) is 26.3 Å². The molecule has 1 unspecified atom stereocenters. The molecule has 5 rings (SSSR count). The molecule has 0 N–H and O–H groups in total. The van der Waals surface area contributed by atoms with Crippen LogP contribution in [-0.2, 0) is 4.79 Å². The molecule has 2 aromatic rings. The first-order valence-corrected chi connectivity index (χ1v) is 11.3. The fraction of sp³-hybridized carbons (Fsp3) is 0.500. The first-order chi connectivity index (χ1) is 13.8. The van der Waals surface area contributed by atoms with Crippen LogP contribution in [0.5, 0.6) is 5.75 Å². The van der Waals surface area contributed by atoms with Crippen molar-refractivity contribution in [3.8, 4) is 5.75 Å². The summed E-state index contributed by atoms with van der Waals surface area (Å²) in [6.07, 6.45) is 13.0. The molecule has 2 fully saturated rings. The van der Waals surface area contributed by atoms with Gasteiger partial charge < -0.3 is 4.74 Å². The maximum atomic E-state index is 12.9. The second-order valence-electron chi connectivity index (χ2n) is 8.96. The van der Waals surface area contributed by atoms with Crippen LogP contribution in [0.3, 0.4) is 0 Å². The smallest absolute Gasteiger partial charge is 0.323 e. The summed E-state index contributed by atoms with van der Waals surface area (Å²) in [7, 11) is 0. The second-order valence-corrected chi connectivity index (χ2v) is 8.96. The lowest BCUT2D eigenvalue weighted by Gasteiger charge is -2.27. The van der Waals surface area contributed by atoms with Crippen molar-refractivity contribution < 1.29 is 9.53 Å². The number of fused-ring (bicyclic) bond motifs is 1. The molecule has 2 saturated carbocycles. The van der Waals surface area contributed by atoms with Gasteiger partial charge in [-0.3, -0.25) is 4.79 Å². The highest BCUT2D eigenvalue weighted by Crippen LogP contribution is 2.49. The molecule has 1 heterocycles. The highest BCUT2D eigenvalue weighted by atomic mass is 16.5. The van der Waals surface area contributed by atoms with E-state index in [-0.39, 0.29) is 11.9 Å². The monoisotopic (exact) mass is 374 g/mol. The van der Waals surface area contributed by atoms with Crippen molar-refractivity contribution in [1.82, 2.24) is 0 Å². The molecule has 0 radical (unpaired) electrons. The van der Waals surface area contributed by atoms with E-state index in [2.05, 4.69) is 24.3 Å². The minimum atomic E-state index is -0.262. The fourth-order valence-corrected chi connectivity index (χ4v) is 5.67. The average molecular weight is 375 g/mol. The number of carbonyl (C=O) groups excluding carboxylic acids is 1. The van der Waals surface area contributed by atoms with Crippen LogP contribution in [0.25, 0.3) is 0 Å². The van der Waals surface area contributed by atoms with Crippen LogP contribution < -0.4 is 4.74 Å². The van der Waals surface area contributed by atoms with E-state index in [0.717, 1.165) is 16.9 Å². The first-order valence-electron chi connectivity index (χ1n) is 11.3. The molecule has 1 atom stereocenters. The van der Waals surface area contributed by atoms with Gasteiger partial charge in [0.1, 0.15) is 11.7 Å². The Morgan fingerprint density at radius 3 is 1.96 bits per heavy atom. The van der Waals surface area contributed by atoms with Crippen molar-refractivity contribution in [1.29, 1.82) is 0 Å². The zero-order chi connectivity index (χ0) is 18.9. The molecule has 2 aliphatic carbocycles. The second kappa shape index (κ2) is 7.73. The lowest BCUT2D eigenvalue weighted by molar-refractivity contribution is -0.133. The van der Waals surface area contributed by atoms with E-state index in [9.17, 15) is 4.79 Å². The predicted molar refractivity (Wildman–Crippen MR) is 112 cm³/mol. The maximum absolute atomic E-state index is 12.9.